The summed E-state index contributed by atoms with van der Waals surface area (Å²) in [5, 5.41) is 0. The van der Waals surface area contributed by atoms with E-state index in [0.29, 0.717) is 0 Å². The van der Waals surface area contributed by atoms with Crippen LogP contribution >= 0.6 is 23.1 Å². The van der Waals surface area contributed by atoms with E-state index in [0.717, 1.165) is 4.32 Å². The Kier molecular flexibility index (Phi) is 3.40. The molecule has 0 aromatic carbocycles. The van der Waals surface area contributed by atoms with Gasteiger partial charge in [-0.3, -0.25) is 0 Å². The zero-order valence-electron chi connectivity index (χ0n) is 5.80. The zero-order chi connectivity index (χ0) is 6.73. The van der Waals surface area contributed by atoms with Crippen molar-refractivity contribution in [3.05, 3.63) is 0 Å². The van der Waals surface area contributed by atoms with Crippen LogP contribution in [0, 0.1) is 0 Å². The molecule has 0 radical (unpaired) electrons. The minimum Gasteiger partial charge on any atom is -0.365 e. The van der Waals surface area contributed by atoms with Gasteiger partial charge >= 0.3 is 0 Å². The van der Waals surface area contributed by atoms with Gasteiger partial charge in [0.1, 0.15) is 4.32 Å². The predicted octanol–water partition coefficient (Wildman–Crippen LogP) is 1.09. The van der Waals surface area contributed by atoms with E-state index in [1.54, 1.807) is 0 Å². The van der Waals surface area contributed by atoms with Gasteiger partial charge in [0.15, 0.2) is 0 Å². The topological polar surface area (TPSA) is 3.24 Å². The third-order valence-electron chi connectivity index (χ3n) is 0.765. The molecule has 0 aromatic heterocycles. The van der Waals surface area contributed by atoms with Crippen molar-refractivity contribution < 1.29 is 0 Å². The number of nitrogens with zero attached hydrogens (tertiary/aromatic N) is 1. The van der Waals surface area contributed by atoms with Crippen molar-refractivity contribution in [2.75, 3.05) is 26.6 Å². The largest absolute Gasteiger partial charge is 0.365 e. The van der Waals surface area contributed by atoms with Crippen molar-refractivity contribution >= 4 is 27.4 Å². The molecule has 0 saturated carbocycles. The van der Waals surface area contributed by atoms with E-state index in [1.165, 1.54) is 0 Å². The molecule has 3 heteroatoms. The van der Waals surface area contributed by atoms with E-state index in [1.807, 2.05) is 19.0 Å². The van der Waals surface area contributed by atoms with Gasteiger partial charge in [-0.05, 0) is 12.5 Å². The van der Waals surface area contributed by atoms with Crippen molar-refractivity contribution in [1.29, 1.82) is 0 Å². The first-order chi connectivity index (χ1) is 3.55. The Morgan fingerprint density at radius 2 is 1.75 bits per heavy atom. The van der Waals surface area contributed by atoms with Crippen LogP contribution in [0.15, 0.2) is 0 Å². The molecule has 0 heterocycles. The Bertz CT molecular complexity index is 78.4. The summed E-state index contributed by atoms with van der Waals surface area (Å²) in [6.45, 7) is 0. The monoisotopic (exact) mass is 151 g/mol. The normalized spacial score (nSPS) is 10.8. The van der Waals surface area contributed by atoms with Gasteiger partial charge in [0.05, 0.1) is 0 Å². The van der Waals surface area contributed by atoms with Gasteiger partial charge in [0.2, 0.25) is 0 Å². The lowest BCUT2D eigenvalue weighted by Crippen LogP contribution is -2.18. The standard InChI is InChI=1S/C5H13NS2/c1-6(2)5(7)8(3)4/h8H,1-4H3. The fraction of sp³-hybridized carbons (Fsp3) is 0.800. The predicted molar refractivity (Wildman–Crippen MR) is 47.1 cm³/mol. The first-order valence-electron chi connectivity index (χ1n) is 2.44. The van der Waals surface area contributed by atoms with Crippen molar-refractivity contribution in [2.24, 2.45) is 0 Å². The van der Waals surface area contributed by atoms with Crippen LogP contribution in [0.1, 0.15) is 0 Å². The fourth-order valence-corrected chi connectivity index (χ4v) is 1.20. The summed E-state index contributed by atoms with van der Waals surface area (Å²) in [7, 11) is 3.94. The molecule has 0 atom stereocenters. The lowest BCUT2D eigenvalue weighted by molar-refractivity contribution is 0.647. The van der Waals surface area contributed by atoms with Gasteiger partial charge in [-0.2, -0.15) is 0 Å². The fourth-order valence-electron chi connectivity index (χ4n) is 0.400. The lowest BCUT2D eigenvalue weighted by Gasteiger charge is -2.18. The van der Waals surface area contributed by atoms with Gasteiger partial charge in [0, 0.05) is 14.1 Å². The van der Waals surface area contributed by atoms with Crippen LogP contribution in [-0.2, 0) is 0 Å². The number of thiocarbonyl (C=S) groups is 1. The summed E-state index contributed by atoms with van der Waals surface area (Å²) in [6, 6.07) is 0. The van der Waals surface area contributed by atoms with Crippen LogP contribution < -0.4 is 0 Å². The first kappa shape index (κ1) is 8.24. The third-order valence-corrected chi connectivity index (χ3v) is 3.39. The summed E-state index contributed by atoms with van der Waals surface area (Å²) in [5.74, 6) is 0. The van der Waals surface area contributed by atoms with E-state index in [-0.39, 0.29) is 10.9 Å². The second kappa shape index (κ2) is 3.30. The lowest BCUT2D eigenvalue weighted by atomic mass is 11.0. The molecule has 8 heavy (non-hydrogen) atoms. The van der Waals surface area contributed by atoms with E-state index in [9.17, 15) is 0 Å². The molecule has 0 fully saturated rings. The Balaban J connectivity index is 3.65. The quantitative estimate of drug-likeness (QED) is 0.408. The summed E-state index contributed by atoms with van der Waals surface area (Å²) < 4.78 is 1.08. The van der Waals surface area contributed by atoms with Gasteiger partial charge in [-0.25, -0.2) is 10.9 Å². The van der Waals surface area contributed by atoms with Crippen LogP contribution in [0.4, 0.5) is 0 Å². The SMILES string of the molecule is CN(C)C(=S)[SH](C)C. The molecule has 0 aliphatic carbocycles. The molecule has 50 valence electrons. The molecule has 0 aliphatic rings. The molecule has 0 rings (SSSR count). The first-order valence-corrected chi connectivity index (χ1v) is 5.08. The average Bonchev–Trinajstić information content (AvgIpc) is 1.64. The summed E-state index contributed by atoms with van der Waals surface area (Å²) in [4.78, 5) is 2.00. The van der Waals surface area contributed by atoms with Crippen LogP contribution in [0.3, 0.4) is 0 Å². The van der Waals surface area contributed by atoms with E-state index < -0.39 is 0 Å². The highest BCUT2D eigenvalue weighted by atomic mass is 32.2. The summed E-state index contributed by atoms with van der Waals surface area (Å²) >= 11 is 5.06. The van der Waals surface area contributed by atoms with Crippen LogP contribution in [0.25, 0.3) is 0 Å². The summed E-state index contributed by atoms with van der Waals surface area (Å²) in [5.41, 5.74) is 0. The number of thiol groups is 1. The highest BCUT2D eigenvalue weighted by Gasteiger charge is 1.97. The van der Waals surface area contributed by atoms with Gasteiger partial charge in [0.25, 0.3) is 0 Å². The Morgan fingerprint density at radius 1 is 1.38 bits per heavy atom. The molecule has 0 spiro atoms. The molecule has 0 aliphatic heterocycles. The molecular formula is C5H13NS2. The van der Waals surface area contributed by atoms with E-state index >= 15 is 0 Å². The van der Waals surface area contributed by atoms with Gasteiger partial charge in [-0.1, -0.05) is 12.2 Å². The van der Waals surface area contributed by atoms with Crippen molar-refractivity contribution in [3.8, 4) is 0 Å². The molecule has 0 amide bonds. The molecule has 0 unspecified atom stereocenters. The third kappa shape index (κ3) is 2.52. The maximum absolute atomic E-state index is 5.06. The maximum atomic E-state index is 5.06. The number of hydrogen-bond acceptors (Lipinski definition) is 1. The van der Waals surface area contributed by atoms with Crippen molar-refractivity contribution in [1.82, 2.24) is 4.90 Å². The average molecular weight is 151 g/mol. The molecule has 0 bridgehead atoms. The second-order valence-corrected chi connectivity index (χ2v) is 4.97. The highest BCUT2D eigenvalue weighted by molar-refractivity contribution is 8.35. The van der Waals surface area contributed by atoms with Crippen LogP contribution in [0.5, 0.6) is 0 Å². The maximum Gasteiger partial charge on any atom is 0.115 e. The number of rotatable bonds is 0. The Hall–Kier alpha value is 0.240. The van der Waals surface area contributed by atoms with Crippen molar-refractivity contribution in [2.45, 2.75) is 0 Å². The van der Waals surface area contributed by atoms with Crippen molar-refractivity contribution in [3.63, 3.8) is 0 Å². The summed E-state index contributed by atoms with van der Waals surface area (Å²) in [6.07, 6.45) is 4.33. The zero-order valence-corrected chi connectivity index (χ0v) is 7.51. The molecule has 0 saturated heterocycles. The van der Waals surface area contributed by atoms with E-state index in [4.69, 9.17) is 12.2 Å². The van der Waals surface area contributed by atoms with Crippen LogP contribution in [-0.4, -0.2) is 35.8 Å². The van der Waals surface area contributed by atoms with Gasteiger partial charge in [-0.15, -0.1) is 0 Å². The highest BCUT2D eigenvalue weighted by Crippen LogP contribution is 2.16. The smallest absolute Gasteiger partial charge is 0.115 e. The molecule has 1 nitrogen and oxygen atoms in total. The Labute approximate surface area is 59.4 Å². The molecule has 0 aromatic rings. The second-order valence-electron chi connectivity index (χ2n) is 2.07. The van der Waals surface area contributed by atoms with E-state index in [2.05, 4.69) is 12.5 Å². The Morgan fingerprint density at radius 3 is 1.75 bits per heavy atom. The number of hydrogen-bond donors (Lipinski definition) is 1. The minimum atomic E-state index is -0.0437. The minimum absolute atomic E-state index is 0.0437. The molecular weight excluding hydrogens is 138 g/mol. The van der Waals surface area contributed by atoms with Crippen LogP contribution in [0.2, 0.25) is 0 Å². The molecule has 0 N–H and O–H groups in total. The van der Waals surface area contributed by atoms with Gasteiger partial charge < -0.3 is 4.90 Å².